The van der Waals surface area contributed by atoms with E-state index in [0.29, 0.717) is 0 Å². The quantitative estimate of drug-likeness (QED) is 0.721. The zero-order valence-electron chi connectivity index (χ0n) is 9.74. The van der Waals surface area contributed by atoms with Crippen molar-refractivity contribution in [2.45, 2.75) is 6.92 Å². The summed E-state index contributed by atoms with van der Waals surface area (Å²) in [7, 11) is 1.95. The van der Waals surface area contributed by atoms with E-state index in [-0.39, 0.29) is 0 Å². The highest BCUT2D eigenvalue weighted by Gasteiger charge is 2.07. The number of fused-ring (bicyclic) bond motifs is 1. The molecule has 3 aromatic rings. The lowest BCUT2D eigenvalue weighted by Crippen LogP contribution is -1.81. The molecule has 17 heavy (non-hydrogen) atoms. The standard InChI is InChI=1S/C13H13N3S/c1-8-5-11-9(7-15-16-11)6-10(8)12-3-4-13(14-2)17-12/h3-7,14H,1-2H3,(H,15,16). The van der Waals surface area contributed by atoms with Crippen LogP contribution in [0, 0.1) is 6.92 Å². The average Bonchev–Trinajstić information content (AvgIpc) is 2.94. The lowest BCUT2D eigenvalue weighted by molar-refractivity contribution is 1.12. The van der Waals surface area contributed by atoms with Crippen molar-refractivity contribution in [3.63, 3.8) is 0 Å². The summed E-state index contributed by atoms with van der Waals surface area (Å²) in [5.74, 6) is 0. The monoisotopic (exact) mass is 243 g/mol. The number of anilines is 1. The van der Waals surface area contributed by atoms with E-state index in [0.717, 1.165) is 10.9 Å². The minimum Gasteiger partial charge on any atom is -0.380 e. The molecule has 0 fully saturated rings. The van der Waals surface area contributed by atoms with E-state index < -0.39 is 0 Å². The van der Waals surface area contributed by atoms with Gasteiger partial charge in [0.1, 0.15) is 0 Å². The molecule has 0 saturated carbocycles. The van der Waals surface area contributed by atoms with Gasteiger partial charge in [-0.15, -0.1) is 11.3 Å². The summed E-state index contributed by atoms with van der Waals surface area (Å²) in [5, 5.41) is 12.6. The molecule has 3 rings (SSSR count). The highest BCUT2D eigenvalue weighted by Crippen LogP contribution is 2.34. The van der Waals surface area contributed by atoms with Crippen LogP contribution in [0.3, 0.4) is 0 Å². The number of nitrogens with one attached hydrogen (secondary N) is 2. The highest BCUT2D eigenvalue weighted by atomic mass is 32.1. The number of benzene rings is 1. The summed E-state index contributed by atoms with van der Waals surface area (Å²) in [6.07, 6.45) is 1.87. The van der Waals surface area contributed by atoms with Gasteiger partial charge in [-0.1, -0.05) is 0 Å². The first-order valence-corrected chi connectivity index (χ1v) is 6.31. The van der Waals surface area contributed by atoms with Gasteiger partial charge >= 0.3 is 0 Å². The summed E-state index contributed by atoms with van der Waals surface area (Å²) in [6.45, 7) is 2.13. The Balaban J connectivity index is 2.18. The maximum absolute atomic E-state index is 4.06. The summed E-state index contributed by atoms with van der Waals surface area (Å²) in [6, 6.07) is 8.61. The maximum Gasteiger partial charge on any atom is 0.0886 e. The van der Waals surface area contributed by atoms with Crippen molar-refractivity contribution in [1.29, 1.82) is 0 Å². The number of thiophene rings is 1. The predicted octanol–water partition coefficient (Wildman–Crippen LogP) is 3.64. The number of rotatable bonds is 2. The minimum atomic E-state index is 1.09. The first kappa shape index (κ1) is 10.4. The van der Waals surface area contributed by atoms with Crippen LogP contribution < -0.4 is 5.32 Å². The van der Waals surface area contributed by atoms with Crippen LogP contribution in [-0.2, 0) is 0 Å². The van der Waals surface area contributed by atoms with Gasteiger partial charge in [-0.25, -0.2) is 0 Å². The number of aryl methyl sites for hydroxylation is 1. The topological polar surface area (TPSA) is 40.7 Å². The number of aromatic nitrogens is 2. The number of hydrogen-bond acceptors (Lipinski definition) is 3. The first-order valence-electron chi connectivity index (χ1n) is 5.49. The van der Waals surface area contributed by atoms with Gasteiger partial charge in [0, 0.05) is 17.3 Å². The fourth-order valence-corrected chi connectivity index (χ4v) is 2.92. The zero-order valence-corrected chi connectivity index (χ0v) is 10.6. The molecule has 86 valence electrons. The molecule has 0 amide bonds. The molecule has 0 saturated heterocycles. The first-order chi connectivity index (χ1) is 8.28. The average molecular weight is 243 g/mol. The number of aromatic amines is 1. The molecule has 0 spiro atoms. The van der Waals surface area contributed by atoms with Crippen molar-refractivity contribution in [2.75, 3.05) is 12.4 Å². The normalized spacial score (nSPS) is 10.9. The van der Waals surface area contributed by atoms with Crippen LogP contribution in [0.4, 0.5) is 5.00 Å². The molecule has 3 nitrogen and oxygen atoms in total. The van der Waals surface area contributed by atoms with Crippen molar-refractivity contribution < 1.29 is 0 Å². The Hall–Kier alpha value is -1.81. The SMILES string of the molecule is CNc1ccc(-c2cc3cn[nH]c3cc2C)s1. The van der Waals surface area contributed by atoms with Gasteiger partial charge in [0.2, 0.25) is 0 Å². The maximum atomic E-state index is 4.06. The molecule has 0 aliphatic rings. The fourth-order valence-electron chi connectivity index (χ4n) is 1.98. The number of nitrogens with zero attached hydrogens (tertiary/aromatic N) is 1. The molecule has 0 bridgehead atoms. The van der Waals surface area contributed by atoms with Crippen LogP contribution in [0.25, 0.3) is 21.3 Å². The van der Waals surface area contributed by atoms with Gasteiger partial charge in [-0.2, -0.15) is 5.10 Å². The van der Waals surface area contributed by atoms with E-state index in [4.69, 9.17) is 0 Å². The van der Waals surface area contributed by atoms with Crippen LogP contribution in [0.1, 0.15) is 5.56 Å². The van der Waals surface area contributed by atoms with Crippen LogP contribution in [0.15, 0.2) is 30.5 Å². The molecule has 0 unspecified atom stereocenters. The Labute approximate surface area is 103 Å². The molecular formula is C13H13N3S. The smallest absolute Gasteiger partial charge is 0.0886 e. The molecule has 2 heterocycles. The molecule has 2 N–H and O–H groups in total. The number of H-pyrrole nitrogens is 1. The van der Waals surface area contributed by atoms with Crippen molar-refractivity contribution in [3.8, 4) is 10.4 Å². The van der Waals surface area contributed by atoms with E-state index in [9.17, 15) is 0 Å². The van der Waals surface area contributed by atoms with Crippen LogP contribution in [0.2, 0.25) is 0 Å². The van der Waals surface area contributed by atoms with Crippen molar-refractivity contribution in [3.05, 3.63) is 36.0 Å². The van der Waals surface area contributed by atoms with Gasteiger partial charge in [-0.05, 0) is 42.3 Å². The van der Waals surface area contributed by atoms with E-state index in [2.05, 4.69) is 46.7 Å². The Morgan fingerprint density at radius 3 is 2.94 bits per heavy atom. The summed E-state index contributed by atoms with van der Waals surface area (Å²) >= 11 is 1.77. The summed E-state index contributed by atoms with van der Waals surface area (Å²) < 4.78 is 0. The summed E-state index contributed by atoms with van der Waals surface area (Å²) in [5.41, 5.74) is 3.65. The second-order valence-electron chi connectivity index (χ2n) is 4.04. The third-order valence-corrected chi connectivity index (χ3v) is 4.04. The minimum absolute atomic E-state index is 1.09. The predicted molar refractivity (Wildman–Crippen MR) is 73.7 cm³/mol. The van der Waals surface area contributed by atoms with Crippen LogP contribution in [0.5, 0.6) is 0 Å². The van der Waals surface area contributed by atoms with E-state index in [1.807, 2.05) is 13.2 Å². The Kier molecular flexibility index (Phi) is 2.37. The molecular weight excluding hydrogens is 230 g/mol. The molecule has 0 atom stereocenters. The Morgan fingerprint density at radius 2 is 2.18 bits per heavy atom. The zero-order chi connectivity index (χ0) is 11.8. The van der Waals surface area contributed by atoms with E-state index >= 15 is 0 Å². The van der Waals surface area contributed by atoms with E-state index in [1.165, 1.54) is 21.0 Å². The van der Waals surface area contributed by atoms with Gasteiger partial charge < -0.3 is 5.32 Å². The Bertz CT molecular complexity index is 666. The largest absolute Gasteiger partial charge is 0.380 e. The van der Waals surface area contributed by atoms with Crippen molar-refractivity contribution >= 4 is 27.2 Å². The van der Waals surface area contributed by atoms with Crippen LogP contribution >= 0.6 is 11.3 Å². The molecule has 2 aromatic heterocycles. The molecule has 0 radical (unpaired) electrons. The third kappa shape index (κ3) is 1.70. The molecule has 0 aliphatic heterocycles. The fraction of sp³-hybridized carbons (Fsp3) is 0.154. The van der Waals surface area contributed by atoms with Gasteiger partial charge in [-0.3, -0.25) is 5.10 Å². The lowest BCUT2D eigenvalue weighted by Gasteiger charge is -2.03. The van der Waals surface area contributed by atoms with Crippen molar-refractivity contribution in [2.24, 2.45) is 0 Å². The molecule has 1 aromatic carbocycles. The van der Waals surface area contributed by atoms with Crippen molar-refractivity contribution in [1.82, 2.24) is 10.2 Å². The molecule has 0 aliphatic carbocycles. The lowest BCUT2D eigenvalue weighted by atomic mass is 10.1. The van der Waals surface area contributed by atoms with Gasteiger partial charge in [0.15, 0.2) is 0 Å². The molecule has 4 heteroatoms. The van der Waals surface area contributed by atoms with Gasteiger partial charge in [0.25, 0.3) is 0 Å². The third-order valence-electron chi connectivity index (χ3n) is 2.90. The Morgan fingerprint density at radius 1 is 1.29 bits per heavy atom. The number of hydrogen-bond donors (Lipinski definition) is 2. The van der Waals surface area contributed by atoms with E-state index in [1.54, 1.807) is 11.3 Å². The van der Waals surface area contributed by atoms with Gasteiger partial charge in [0.05, 0.1) is 16.7 Å². The van der Waals surface area contributed by atoms with Crippen LogP contribution in [-0.4, -0.2) is 17.2 Å². The summed E-state index contributed by atoms with van der Waals surface area (Å²) in [4.78, 5) is 1.29. The second-order valence-corrected chi connectivity index (χ2v) is 5.12. The highest BCUT2D eigenvalue weighted by molar-refractivity contribution is 7.19. The second kappa shape index (κ2) is 3.89.